The van der Waals surface area contributed by atoms with Gasteiger partial charge in [0.15, 0.2) is 6.10 Å². The third-order valence-corrected chi connectivity index (χ3v) is 3.09. The Morgan fingerprint density at radius 2 is 1.65 bits per heavy atom. The average molecular weight is 336 g/mol. The van der Waals surface area contributed by atoms with E-state index in [1.807, 2.05) is 0 Å². The van der Waals surface area contributed by atoms with Gasteiger partial charge in [-0.15, -0.1) is 13.2 Å². The van der Waals surface area contributed by atoms with Crippen molar-refractivity contribution in [3.8, 4) is 5.75 Å². The number of aliphatic hydroxyl groups is 1. The summed E-state index contributed by atoms with van der Waals surface area (Å²) in [4.78, 5) is 21.5. The molecule has 0 aromatic heterocycles. The first kappa shape index (κ1) is 18.8. The van der Waals surface area contributed by atoms with Gasteiger partial charge in [-0.25, -0.2) is 4.79 Å². The summed E-state index contributed by atoms with van der Waals surface area (Å²) in [6.07, 6.45) is -6.29. The van der Waals surface area contributed by atoms with Crippen molar-refractivity contribution in [1.29, 1.82) is 0 Å². The van der Waals surface area contributed by atoms with E-state index < -0.39 is 30.3 Å². The second-order valence-corrected chi connectivity index (χ2v) is 4.81. The Kier molecular flexibility index (Phi) is 6.38. The minimum absolute atomic E-state index is 0.0798. The van der Waals surface area contributed by atoms with Gasteiger partial charge in [-0.3, -0.25) is 4.79 Å². The fraction of sp³-hybridized carbons (Fsp3) is 0.429. The third kappa shape index (κ3) is 6.55. The number of benzene rings is 1. The van der Waals surface area contributed by atoms with E-state index in [0.29, 0.717) is 12.0 Å². The standard InChI is InChI=1S/C14H15F3O6/c15-14(16,17)23-9-6-4-8(5-7-9)2-1-3-10(12(19)20)11(18)13(21)22/h4-7,10-11,18H,1-3H2,(H,19,20)(H,21,22)/t10?,11-/m0/s1. The fourth-order valence-corrected chi connectivity index (χ4v) is 1.97. The van der Waals surface area contributed by atoms with Crippen LogP contribution in [0.5, 0.6) is 5.75 Å². The molecule has 1 rings (SSSR count). The van der Waals surface area contributed by atoms with E-state index >= 15 is 0 Å². The van der Waals surface area contributed by atoms with Crippen molar-refractivity contribution in [3.63, 3.8) is 0 Å². The van der Waals surface area contributed by atoms with Crippen LogP contribution in [0.25, 0.3) is 0 Å². The predicted molar refractivity (Wildman–Crippen MR) is 70.8 cm³/mol. The number of halogens is 3. The maximum absolute atomic E-state index is 12.0. The van der Waals surface area contributed by atoms with Gasteiger partial charge < -0.3 is 20.1 Å². The number of hydrogen-bond acceptors (Lipinski definition) is 4. The van der Waals surface area contributed by atoms with E-state index in [1.165, 1.54) is 12.1 Å². The van der Waals surface area contributed by atoms with Crippen molar-refractivity contribution in [2.75, 3.05) is 0 Å². The Balaban J connectivity index is 2.54. The summed E-state index contributed by atoms with van der Waals surface area (Å²) in [6, 6.07) is 5.04. The number of rotatable bonds is 8. The van der Waals surface area contributed by atoms with Crippen LogP contribution in [0, 0.1) is 5.92 Å². The molecule has 1 aromatic carbocycles. The van der Waals surface area contributed by atoms with Gasteiger partial charge in [-0.05, 0) is 37.0 Å². The van der Waals surface area contributed by atoms with E-state index in [4.69, 9.17) is 10.2 Å². The average Bonchev–Trinajstić information content (AvgIpc) is 2.42. The summed E-state index contributed by atoms with van der Waals surface area (Å²) in [5.41, 5.74) is 0.633. The Bertz CT molecular complexity index is 540. The Labute approximate surface area is 129 Å². The second kappa shape index (κ2) is 7.82. The van der Waals surface area contributed by atoms with Gasteiger partial charge in [0.1, 0.15) is 5.75 Å². The number of ether oxygens (including phenoxy) is 1. The molecule has 0 heterocycles. The van der Waals surface area contributed by atoms with Crippen LogP contribution in [0.3, 0.4) is 0 Å². The molecule has 0 spiro atoms. The Hall–Kier alpha value is -2.29. The van der Waals surface area contributed by atoms with E-state index in [-0.39, 0.29) is 18.6 Å². The van der Waals surface area contributed by atoms with Crippen molar-refractivity contribution < 1.29 is 42.8 Å². The lowest BCUT2D eigenvalue weighted by Crippen LogP contribution is -2.34. The minimum Gasteiger partial charge on any atom is -0.481 e. The molecule has 9 heteroatoms. The highest BCUT2D eigenvalue weighted by molar-refractivity contribution is 5.81. The molecule has 0 saturated heterocycles. The molecule has 0 amide bonds. The fourth-order valence-electron chi connectivity index (χ4n) is 1.97. The van der Waals surface area contributed by atoms with Crippen LogP contribution in [-0.4, -0.2) is 39.7 Å². The first-order chi connectivity index (χ1) is 10.6. The van der Waals surface area contributed by atoms with E-state index in [9.17, 15) is 27.9 Å². The lowest BCUT2D eigenvalue weighted by Gasteiger charge is -2.15. The monoisotopic (exact) mass is 336 g/mol. The molecule has 2 atom stereocenters. The summed E-state index contributed by atoms with van der Waals surface area (Å²) in [7, 11) is 0. The molecule has 0 aliphatic heterocycles. The molecular formula is C14H15F3O6. The van der Waals surface area contributed by atoms with Crippen molar-refractivity contribution in [1.82, 2.24) is 0 Å². The normalized spacial score (nSPS) is 14.1. The first-order valence-corrected chi connectivity index (χ1v) is 6.58. The topological polar surface area (TPSA) is 104 Å². The highest BCUT2D eigenvalue weighted by atomic mass is 19.4. The molecule has 0 radical (unpaired) electrons. The van der Waals surface area contributed by atoms with Crippen LogP contribution >= 0.6 is 0 Å². The summed E-state index contributed by atoms with van der Waals surface area (Å²) in [6.45, 7) is 0. The molecule has 0 fully saturated rings. The van der Waals surface area contributed by atoms with Crippen LogP contribution in [0.1, 0.15) is 18.4 Å². The summed E-state index contributed by atoms with van der Waals surface area (Å²) >= 11 is 0. The van der Waals surface area contributed by atoms with Crippen LogP contribution < -0.4 is 4.74 Å². The summed E-state index contributed by atoms with van der Waals surface area (Å²) < 4.78 is 39.7. The SMILES string of the molecule is O=C(O)C(CCCc1ccc(OC(F)(F)F)cc1)[C@H](O)C(=O)O. The number of hydrogen-bond donors (Lipinski definition) is 3. The number of carboxylic acid groups (broad SMARTS) is 2. The molecule has 0 saturated carbocycles. The first-order valence-electron chi connectivity index (χ1n) is 6.58. The molecule has 0 bridgehead atoms. The molecule has 1 aromatic rings. The number of alkyl halides is 3. The van der Waals surface area contributed by atoms with Gasteiger partial charge in [-0.2, -0.15) is 0 Å². The van der Waals surface area contributed by atoms with Crippen LogP contribution in [0.4, 0.5) is 13.2 Å². The van der Waals surface area contributed by atoms with Crippen molar-refractivity contribution in [3.05, 3.63) is 29.8 Å². The maximum Gasteiger partial charge on any atom is 0.573 e. The molecule has 0 aliphatic carbocycles. The largest absolute Gasteiger partial charge is 0.573 e. The van der Waals surface area contributed by atoms with Gasteiger partial charge in [0.25, 0.3) is 0 Å². The molecule has 6 nitrogen and oxygen atoms in total. The van der Waals surface area contributed by atoms with Gasteiger partial charge in [0.05, 0.1) is 5.92 Å². The van der Waals surface area contributed by atoms with E-state index in [0.717, 1.165) is 12.1 Å². The maximum atomic E-state index is 12.0. The Morgan fingerprint density at radius 1 is 1.09 bits per heavy atom. The Morgan fingerprint density at radius 3 is 2.09 bits per heavy atom. The third-order valence-electron chi connectivity index (χ3n) is 3.09. The zero-order valence-electron chi connectivity index (χ0n) is 11.8. The lowest BCUT2D eigenvalue weighted by molar-refractivity contribution is -0.274. The van der Waals surface area contributed by atoms with Crippen LogP contribution in [0.15, 0.2) is 24.3 Å². The smallest absolute Gasteiger partial charge is 0.481 e. The van der Waals surface area contributed by atoms with Crippen molar-refractivity contribution in [2.45, 2.75) is 31.7 Å². The van der Waals surface area contributed by atoms with Gasteiger partial charge >= 0.3 is 18.3 Å². The minimum atomic E-state index is -4.77. The summed E-state index contributed by atoms with van der Waals surface area (Å²) in [5.74, 6) is -4.86. The van der Waals surface area contributed by atoms with Crippen LogP contribution in [0.2, 0.25) is 0 Å². The number of carbonyl (C=O) groups is 2. The predicted octanol–water partition coefficient (Wildman–Crippen LogP) is 2.05. The van der Waals surface area contributed by atoms with Crippen LogP contribution in [-0.2, 0) is 16.0 Å². The molecular weight excluding hydrogens is 321 g/mol. The van der Waals surface area contributed by atoms with Crippen molar-refractivity contribution >= 4 is 11.9 Å². The highest BCUT2D eigenvalue weighted by Gasteiger charge is 2.32. The zero-order valence-corrected chi connectivity index (χ0v) is 11.8. The molecule has 1 unspecified atom stereocenters. The summed E-state index contributed by atoms with van der Waals surface area (Å²) in [5, 5.41) is 26.8. The number of aliphatic carboxylic acids is 2. The zero-order chi connectivity index (χ0) is 17.6. The molecule has 23 heavy (non-hydrogen) atoms. The molecule has 128 valence electrons. The second-order valence-electron chi connectivity index (χ2n) is 4.81. The van der Waals surface area contributed by atoms with E-state index in [1.54, 1.807) is 0 Å². The van der Waals surface area contributed by atoms with Crippen molar-refractivity contribution in [2.24, 2.45) is 5.92 Å². The highest BCUT2D eigenvalue weighted by Crippen LogP contribution is 2.23. The molecule has 0 aliphatic rings. The lowest BCUT2D eigenvalue weighted by atomic mass is 9.94. The molecule has 3 N–H and O–H groups in total. The number of carboxylic acids is 2. The van der Waals surface area contributed by atoms with Gasteiger partial charge in [0, 0.05) is 0 Å². The van der Waals surface area contributed by atoms with Gasteiger partial charge in [0.2, 0.25) is 0 Å². The van der Waals surface area contributed by atoms with E-state index in [2.05, 4.69) is 4.74 Å². The van der Waals surface area contributed by atoms with Gasteiger partial charge in [-0.1, -0.05) is 12.1 Å². The number of aliphatic hydroxyl groups excluding tert-OH is 1. The quantitative estimate of drug-likeness (QED) is 0.671. The number of aryl methyl sites for hydroxylation is 1.